The van der Waals surface area contributed by atoms with E-state index in [9.17, 15) is 9.59 Å². The van der Waals surface area contributed by atoms with E-state index in [1.54, 1.807) is 0 Å². The number of aliphatic carboxylic acids is 1. The molecule has 0 aromatic heterocycles. The molecule has 0 aliphatic heterocycles. The summed E-state index contributed by atoms with van der Waals surface area (Å²) in [6, 6.07) is 0. The predicted octanol–water partition coefficient (Wildman–Crippen LogP) is 4.67. The molecule has 1 N–H and O–H groups in total. The van der Waals surface area contributed by atoms with Crippen LogP contribution >= 0.6 is 23.2 Å². The van der Waals surface area contributed by atoms with Gasteiger partial charge in [-0.05, 0) is 12.8 Å². The number of carboxylic acid groups (broad SMARTS) is 1. The molecule has 0 aromatic carbocycles. The predicted molar refractivity (Wildman–Crippen MR) is 80.0 cm³/mol. The fourth-order valence-electron chi connectivity index (χ4n) is 1.86. The Labute approximate surface area is 130 Å². The molecule has 6 heteroatoms. The number of hydrogen-bond acceptors (Lipinski definition) is 3. The number of carboxylic acids is 1. The van der Waals surface area contributed by atoms with E-state index in [0.717, 1.165) is 51.4 Å². The fraction of sp³-hybridized carbons (Fsp3) is 0.857. The zero-order valence-corrected chi connectivity index (χ0v) is 13.5. The van der Waals surface area contributed by atoms with Crippen molar-refractivity contribution in [2.75, 3.05) is 0 Å². The number of unbranched alkanes of at least 4 members (excludes halogenated alkanes) is 7. The molecule has 0 aliphatic rings. The summed E-state index contributed by atoms with van der Waals surface area (Å²) in [6.45, 7) is 1.42. The molecule has 0 bridgehead atoms. The van der Waals surface area contributed by atoms with Gasteiger partial charge in [-0.25, -0.2) is 0 Å². The summed E-state index contributed by atoms with van der Waals surface area (Å²) in [5.41, 5.74) is 0. The van der Waals surface area contributed by atoms with Crippen LogP contribution in [0.3, 0.4) is 0 Å². The van der Waals surface area contributed by atoms with Gasteiger partial charge in [0.1, 0.15) is 0 Å². The molecule has 0 fully saturated rings. The van der Waals surface area contributed by atoms with Gasteiger partial charge < -0.3 is 9.84 Å². The second-order valence-electron chi connectivity index (χ2n) is 5.00. The van der Waals surface area contributed by atoms with Gasteiger partial charge in [-0.2, -0.15) is 0 Å². The van der Waals surface area contributed by atoms with Gasteiger partial charge in [-0.1, -0.05) is 61.7 Å². The molecule has 0 aliphatic carbocycles. The Morgan fingerprint density at radius 3 is 1.70 bits per heavy atom. The smallest absolute Gasteiger partial charge is 0.308 e. The normalized spacial score (nSPS) is 11.3. The number of esters is 1. The van der Waals surface area contributed by atoms with Crippen LogP contribution in [0.1, 0.15) is 71.1 Å². The maximum absolute atomic E-state index is 11.3. The van der Waals surface area contributed by atoms with Crippen LogP contribution in [0.5, 0.6) is 0 Å². The molecule has 0 aromatic rings. The summed E-state index contributed by atoms with van der Waals surface area (Å²) in [6.07, 6.45) is 8.48. The number of halogens is 2. The molecule has 4 nitrogen and oxygen atoms in total. The summed E-state index contributed by atoms with van der Waals surface area (Å²) in [5, 5.41) is 8.47. The van der Waals surface area contributed by atoms with Crippen molar-refractivity contribution < 1.29 is 19.4 Å². The number of rotatable bonds is 12. The maximum atomic E-state index is 11.3. The van der Waals surface area contributed by atoms with Crippen LogP contribution < -0.4 is 0 Å². The molecule has 0 amide bonds. The lowest BCUT2D eigenvalue weighted by Crippen LogP contribution is -2.18. The van der Waals surface area contributed by atoms with Crippen LogP contribution in [0.2, 0.25) is 0 Å². The fourth-order valence-corrected chi connectivity index (χ4v) is 2.03. The van der Waals surface area contributed by atoms with Gasteiger partial charge in [0.15, 0.2) is 0 Å². The summed E-state index contributed by atoms with van der Waals surface area (Å²) in [4.78, 5) is 21.6. The van der Waals surface area contributed by atoms with Gasteiger partial charge >= 0.3 is 11.9 Å². The summed E-state index contributed by atoms with van der Waals surface area (Å²) in [7, 11) is 0. The Morgan fingerprint density at radius 1 is 0.900 bits per heavy atom. The van der Waals surface area contributed by atoms with Crippen LogP contribution in [0.4, 0.5) is 0 Å². The molecule has 20 heavy (non-hydrogen) atoms. The summed E-state index contributed by atoms with van der Waals surface area (Å²) >= 11 is 11.1. The van der Waals surface area contributed by atoms with Gasteiger partial charge in [0, 0.05) is 19.8 Å². The van der Waals surface area contributed by atoms with Gasteiger partial charge in [0.25, 0.3) is 4.52 Å². The number of hydrogen-bond donors (Lipinski definition) is 1. The number of ether oxygens (including phenoxy) is 1. The highest BCUT2D eigenvalue weighted by molar-refractivity contribution is 6.47. The first-order valence-electron chi connectivity index (χ1n) is 7.13. The molecule has 0 radical (unpaired) electrons. The SMILES string of the molecule is CC(Cl)(Cl)OC(=O)CCCCCCCCCCC(=O)O. The second kappa shape index (κ2) is 11.2. The molecule has 0 saturated heterocycles. The highest BCUT2D eigenvalue weighted by atomic mass is 35.5. The van der Waals surface area contributed by atoms with E-state index in [1.165, 1.54) is 6.92 Å². The third kappa shape index (κ3) is 15.6. The topological polar surface area (TPSA) is 63.6 Å². The molecular weight excluding hydrogens is 303 g/mol. The Hall–Kier alpha value is -0.480. The lowest BCUT2D eigenvalue weighted by molar-refractivity contribution is -0.147. The van der Waals surface area contributed by atoms with Gasteiger partial charge in [-0.15, -0.1) is 0 Å². The van der Waals surface area contributed by atoms with E-state index in [2.05, 4.69) is 0 Å². The molecule has 0 atom stereocenters. The Bertz CT molecular complexity index is 287. The summed E-state index contributed by atoms with van der Waals surface area (Å²) in [5.74, 6) is -1.09. The number of carbonyl (C=O) groups is 2. The van der Waals surface area contributed by atoms with Crippen LogP contribution in [-0.2, 0) is 14.3 Å². The molecule has 0 heterocycles. The molecule has 0 unspecified atom stereocenters. The molecular formula is C14H24Cl2O4. The summed E-state index contributed by atoms with van der Waals surface area (Å²) < 4.78 is 3.34. The van der Waals surface area contributed by atoms with Crippen LogP contribution in [0.25, 0.3) is 0 Å². The lowest BCUT2D eigenvalue weighted by Gasteiger charge is -2.14. The Kier molecular flexibility index (Phi) is 10.9. The van der Waals surface area contributed by atoms with Crippen molar-refractivity contribution in [3.8, 4) is 0 Å². The van der Waals surface area contributed by atoms with E-state index >= 15 is 0 Å². The van der Waals surface area contributed by atoms with E-state index in [4.69, 9.17) is 33.0 Å². The first-order chi connectivity index (χ1) is 9.31. The van der Waals surface area contributed by atoms with Crippen molar-refractivity contribution in [1.82, 2.24) is 0 Å². The third-order valence-electron chi connectivity index (χ3n) is 2.81. The van der Waals surface area contributed by atoms with E-state index in [0.29, 0.717) is 6.42 Å². The van der Waals surface area contributed by atoms with E-state index < -0.39 is 10.5 Å². The van der Waals surface area contributed by atoms with Crippen LogP contribution in [0, 0.1) is 0 Å². The molecule has 118 valence electrons. The van der Waals surface area contributed by atoms with E-state index in [-0.39, 0.29) is 12.4 Å². The Balaban J connectivity index is 3.25. The average Bonchev–Trinajstić information content (AvgIpc) is 2.28. The zero-order chi connectivity index (χ0) is 15.4. The van der Waals surface area contributed by atoms with Crippen molar-refractivity contribution in [1.29, 1.82) is 0 Å². The first-order valence-corrected chi connectivity index (χ1v) is 7.88. The van der Waals surface area contributed by atoms with Crippen LogP contribution in [-0.4, -0.2) is 21.6 Å². The highest BCUT2D eigenvalue weighted by Crippen LogP contribution is 2.22. The largest absolute Gasteiger partial charge is 0.481 e. The Morgan fingerprint density at radius 2 is 1.30 bits per heavy atom. The average molecular weight is 327 g/mol. The minimum absolute atomic E-state index is 0.266. The molecule has 0 spiro atoms. The minimum Gasteiger partial charge on any atom is -0.481 e. The highest BCUT2D eigenvalue weighted by Gasteiger charge is 2.21. The van der Waals surface area contributed by atoms with Gasteiger partial charge in [0.05, 0.1) is 0 Å². The standard InChI is InChI=1S/C14H24Cl2O4/c1-14(15,16)20-13(19)11-9-7-5-3-2-4-6-8-10-12(17)18/h2-11H2,1H3,(H,17,18). The number of carbonyl (C=O) groups excluding carboxylic acids is 1. The zero-order valence-electron chi connectivity index (χ0n) is 12.0. The second-order valence-corrected chi connectivity index (χ2v) is 6.64. The first kappa shape index (κ1) is 19.5. The van der Waals surface area contributed by atoms with E-state index in [1.807, 2.05) is 0 Å². The van der Waals surface area contributed by atoms with Gasteiger partial charge in [-0.3, -0.25) is 9.59 Å². The van der Waals surface area contributed by atoms with Crippen molar-refractivity contribution in [2.24, 2.45) is 0 Å². The van der Waals surface area contributed by atoms with Crippen molar-refractivity contribution in [3.05, 3.63) is 0 Å². The maximum Gasteiger partial charge on any atom is 0.308 e. The third-order valence-corrected chi connectivity index (χ3v) is 2.97. The molecule has 0 saturated carbocycles. The quantitative estimate of drug-likeness (QED) is 0.321. The van der Waals surface area contributed by atoms with Crippen LogP contribution in [0.15, 0.2) is 0 Å². The van der Waals surface area contributed by atoms with Crippen molar-refractivity contribution in [2.45, 2.75) is 75.7 Å². The lowest BCUT2D eigenvalue weighted by atomic mass is 10.1. The minimum atomic E-state index is -1.44. The van der Waals surface area contributed by atoms with Crippen molar-refractivity contribution >= 4 is 35.1 Å². The van der Waals surface area contributed by atoms with Crippen molar-refractivity contribution in [3.63, 3.8) is 0 Å². The monoisotopic (exact) mass is 326 g/mol. The number of alkyl halides is 2. The molecule has 0 rings (SSSR count). The van der Waals surface area contributed by atoms with Gasteiger partial charge in [0.2, 0.25) is 0 Å².